The molecule has 7 heteroatoms. The first kappa shape index (κ1) is 14.3. The number of ether oxygens (including phenoxy) is 1. The summed E-state index contributed by atoms with van der Waals surface area (Å²) in [6.07, 6.45) is 1.48. The predicted octanol–water partition coefficient (Wildman–Crippen LogP) is 0.818. The third kappa shape index (κ3) is 3.66. The smallest absolute Gasteiger partial charge is 0.240 e. The third-order valence-corrected chi connectivity index (χ3v) is 4.67. The van der Waals surface area contributed by atoms with Crippen molar-refractivity contribution >= 4 is 15.7 Å². The highest BCUT2D eigenvalue weighted by molar-refractivity contribution is 7.89. The highest BCUT2D eigenvalue weighted by atomic mass is 32.2. The zero-order valence-corrected chi connectivity index (χ0v) is 11.6. The molecule has 0 radical (unpaired) electrons. The van der Waals surface area contributed by atoms with Crippen LogP contribution in [0.25, 0.3) is 0 Å². The van der Waals surface area contributed by atoms with E-state index in [-0.39, 0.29) is 17.0 Å². The number of hydrogen-bond donors (Lipinski definition) is 3. The van der Waals surface area contributed by atoms with E-state index < -0.39 is 10.0 Å². The molecule has 106 valence electrons. The van der Waals surface area contributed by atoms with Crippen LogP contribution in [0.3, 0.4) is 0 Å². The fourth-order valence-corrected chi connectivity index (χ4v) is 3.41. The van der Waals surface area contributed by atoms with Crippen LogP contribution >= 0.6 is 0 Å². The van der Waals surface area contributed by atoms with Gasteiger partial charge in [-0.25, -0.2) is 13.1 Å². The number of hydrazine groups is 1. The van der Waals surface area contributed by atoms with Gasteiger partial charge in [0.05, 0.1) is 11.0 Å². The van der Waals surface area contributed by atoms with Crippen molar-refractivity contribution in [3.63, 3.8) is 0 Å². The van der Waals surface area contributed by atoms with E-state index in [4.69, 9.17) is 10.6 Å². The van der Waals surface area contributed by atoms with E-state index in [1.165, 1.54) is 12.1 Å². The Hall–Kier alpha value is -1.15. The standard InChI is InChI=1S/C12H19N3O3S/c1-9-8-11(6-7-18-9)15-19(16,17)12-4-2-10(14-13)3-5-12/h2-5,9,11,14-15H,6-8,13H2,1H3. The van der Waals surface area contributed by atoms with Gasteiger partial charge in [-0.05, 0) is 44.0 Å². The molecule has 1 heterocycles. The van der Waals surface area contributed by atoms with E-state index in [1.807, 2.05) is 6.92 Å². The van der Waals surface area contributed by atoms with Crippen LogP contribution in [-0.4, -0.2) is 27.2 Å². The average Bonchev–Trinajstić information content (AvgIpc) is 2.38. The summed E-state index contributed by atoms with van der Waals surface area (Å²) in [5, 5.41) is 0. The van der Waals surface area contributed by atoms with Gasteiger partial charge in [-0.2, -0.15) is 0 Å². The molecule has 1 aromatic carbocycles. The number of nitrogens with two attached hydrogens (primary N) is 1. The quantitative estimate of drug-likeness (QED) is 0.562. The molecule has 1 aliphatic rings. The van der Waals surface area contributed by atoms with Crippen LogP contribution in [0, 0.1) is 0 Å². The minimum atomic E-state index is -3.48. The van der Waals surface area contributed by atoms with Crippen LogP contribution in [0.4, 0.5) is 5.69 Å². The number of nitrogens with one attached hydrogen (secondary N) is 2. The average molecular weight is 285 g/mol. The van der Waals surface area contributed by atoms with Crippen molar-refractivity contribution in [3.8, 4) is 0 Å². The lowest BCUT2D eigenvalue weighted by Gasteiger charge is -2.27. The van der Waals surface area contributed by atoms with Gasteiger partial charge < -0.3 is 10.2 Å². The number of anilines is 1. The molecule has 4 N–H and O–H groups in total. The zero-order chi connectivity index (χ0) is 13.9. The molecule has 1 aromatic rings. The van der Waals surface area contributed by atoms with Gasteiger partial charge in [0.15, 0.2) is 0 Å². The van der Waals surface area contributed by atoms with Crippen molar-refractivity contribution in [3.05, 3.63) is 24.3 Å². The van der Waals surface area contributed by atoms with Gasteiger partial charge in [0, 0.05) is 18.3 Å². The SMILES string of the molecule is CC1CC(NS(=O)(=O)c2ccc(NN)cc2)CCO1. The molecular formula is C12H19N3O3S. The van der Waals surface area contributed by atoms with Gasteiger partial charge in [-0.1, -0.05) is 0 Å². The number of hydrogen-bond acceptors (Lipinski definition) is 5. The molecule has 1 aliphatic heterocycles. The Morgan fingerprint density at radius 1 is 1.32 bits per heavy atom. The summed E-state index contributed by atoms with van der Waals surface area (Å²) in [4.78, 5) is 0.241. The Labute approximate surface area is 113 Å². The number of nitrogen functional groups attached to an aromatic ring is 1. The molecule has 0 spiro atoms. The van der Waals surface area contributed by atoms with Crippen LogP contribution in [0.2, 0.25) is 0 Å². The minimum Gasteiger partial charge on any atom is -0.378 e. The second-order valence-electron chi connectivity index (χ2n) is 4.69. The van der Waals surface area contributed by atoms with Crippen molar-refractivity contribution < 1.29 is 13.2 Å². The van der Waals surface area contributed by atoms with Gasteiger partial charge >= 0.3 is 0 Å². The topological polar surface area (TPSA) is 93.5 Å². The highest BCUT2D eigenvalue weighted by Crippen LogP contribution is 2.18. The van der Waals surface area contributed by atoms with Crippen molar-refractivity contribution in [1.29, 1.82) is 0 Å². The predicted molar refractivity (Wildman–Crippen MR) is 73.0 cm³/mol. The summed E-state index contributed by atoms with van der Waals surface area (Å²) in [6.45, 7) is 2.53. The summed E-state index contributed by atoms with van der Waals surface area (Å²) in [6, 6.07) is 6.24. The van der Waals surface area contributed by atoms with Crippen LogP contribution in [-0.2, 0) is 14.8 Å². The highest BCUT2D eigenvalue weighted by Gasteiger charge is 2.24. The van der Waals surface area contributed by atoms with Gasteiger partial charge in [0.25, 0.3) is 0 Å². The summed E-state index contributed by atoms with van der Waals surface area (Å²) >= 11 is 0. The fraction of sp³-hybridized carbons (Fsp3) is 0.500. The molecule has 2 unspecified atom stereocenters. The van der Waals surface area contributed by atoms with Crippen molar-refractivity contribution in [1.82, 2.24) is 4.72 Å². The Morgan fingerprint density at radius 3 is 2.58 bits per heavy atom. The summed E-state index contributed by atoms with van der Waals surface area (Å²) in [5.41, 5.74) is 3.13. The Balaban J connectivity index is 2.08. The third-order valence-electron chi connectivity index (χ3n) is 3.14. The molecule has 19 heavy (non-hydrogen) atoms. The first-order chi connectivity index (χ1) is 9.01. The molecule has 0 aliphatic carbocycles. The van der Waals surface area contributed by atoms with Gasteiger partial charge in [0.1, 0.15) is 0 Å². The number of sulfonamides is 1. The molecule has 2 rings (SSSR count). The van der Waals surface area contributed by atoms with E-state index >= 15 is 0 Å². The van der Waals surface area contributed by atoms with Gasteiger partial charge in [-0.3, -0.25) is 5.84 Å². The molecule has 2 atom stereocenters. The number of benzene rings is 1. The Kier molecular flexibility index (Phi) is 4.41. The Bertz CT molecular complexity index is 516. The van der Waals surface area contributed by atoms with E-state index in [0.29, 0.717) is 25.1 Å². The van der Waals surface area contributed by atoms with Crippen molar-refractivity contribution in [2.45, 2.75) is 36.8 Å². The zero-order valence-electron chi connectivity index (χ0n) is 10.8. The molecule has 1 saturated heterocycles. The molecule has 6 nitrogen and oxygen atoms in total. The van der Waals surface area contributed by atoms with Crippen LogP contribution in [0.5, 0.6) is 0 Å². The lowest BCUT2D eigenvalue weighted by molar-refractivity contribution is 0.0173. The van der Waals surface area contributed by atoms with E-state index in [2.05, 4.69) is 10.1 Å². The monoisotopic (exact) mass is 285 g/mol. The van der Waals surface area contributed by atoms with Gasteiger partial charge in [0.2, 0.25) is 10.0 Å². The fourth-order valence-electron chi connectivity index (χ4n) is 2.12. The largest absolute Gasteiger partial charge is 0.378 e. The molecular weight excluding hydrogens is 266 g/mol. The molecule has 0 bridgehead atoms. The van der Waals surface area contributed by atoms with Crippen LogP contribution in [0.15, 0.2) is 29.2 Å². The lowest BCUT2D eigenvalue weighted by Crippen LogP contribution is -2.41. The van der Waals surface area contributed by atoms with Crippen LogP contribution < -0.4 is 16.0 Å². The maximum Gasteiger partial charge on any atom is 0.240 e. The second-order valence-corrected chi connectivity index (χ2v) is 6.41. The molecule has 0 amide bonds. The normalized spacial score (nSPS) is 24.1. The van der Waals surface area contributed by atoms with Crippen molar-refractivity contribution in [2.75, 3.05) is 12.0 Å². The first-order valence-corrected chi connectivity index (χ1v) is 7.70. The van der Waals surface area contributed by atoms with Crippen molar-refractivity contribution in [2.24, 2.45) is 5.84 Å². The van der Waals surface area contributed by atoms with Gasteiger partial charge in [-0.15, -0.1) is 0 Å². The Morgan fingerprint density at radius 2 is 2.00 bits per heavy atom. The molecule has 0 saturated carbocycles. The molecule has 1 fully saturated rings. The van der Waals surface area contributed by atoms with E-state index in [1.54, 1.807) is 12.1 Å². The summed E-state index contributed by atoms with van der Waals surface area (Å²) < 4.78 is 32.5. The first-order valence-electron chi connectivity index (χ1n) is 6.22. The van der Waals surface area contributed by atoms with E-state index in [0.717, 1.165) is 0 Å². The lowest BCUT2D eigenvalue weighted by atomic mass is 10.1. The van der Waals surface area contributed by atoms with E-state index in [9.17, 15) is 8.42 Å². The molecule has 0 aromatic heterocycles. The minimum absolute atomic E-state index is 0.0685. The summed E-state index contributed by atoms with van der Waals surface area (Å²) in [7, 11) is -3.48. The maximum absolute atomic E-state index is 12.2. The number of rotatable bonds is 4. The maximum atomic E-state index is 12.2. The second kappa shape index (κ2) is 5.87. The summed E-state index contributed by atoms with van der Waals surface area (Å²) in [5.74, 6) is 5.24. The van der Waals surface area contributed by atoms with Crippen LogP contribution in [0.1, 0.15) is 19.8 Å².